The molecule has 0 saturated carbocycles. The molecule has 9 amide bonds. The van der Waals surface area contributed by atoms with Crippen molar-refractivity contribution in [1.82, 2.24) is 47.4 Å². The largest absolute Gasteiger partial charge is 0.508 e. The number of carbonyl (C=O) groups excluding carboxylic acids is 9. The predicted octanol–water partition coefficient (Wildman–Crippen LogP) is -6.05. The van der Waals surface area contributed by atoms with Crippen LogP contribution in [0.15, 0.2) is 24.3 Å². The van der Waals surface area contributed by atoms with E-state index in [1.165, 1.54) is 36.1 Å². The number of phenolic OH excluding ortho intramolecular Hbond substituents is 1. The predicted molar refractivity (Wildman–Crippen MR) is 252 cm³/mol. The lowest BCUT2D eigenvalue weighted by Gasteiger charge is -2.29. The molecule has 1 aromatic carbocycles. The smallest absolute Gasteiger partial charge is 0.328 e. The number of nitrogens with one attached hydrogen (secondary N) is 8. The van der Waals surface area contributed by atoms with Gasteiger partial charge in [-0.15, -0.1) is 0 Å². The molecule has 17 N–H and O–H groups in total. The quantitative estimate of drug-likeness (QED) is 0.0252. The summed E-state index contributed by atoms with van der Waals surface area (Å²) < 4.78 is 0. The van der Waals surface area contributed by atoms with Crippen LogP contribution in [-0.4, -0.2) is 189 Å². The van der Waals surface area contributed by atoms with E-state index < -0.39 is 139 Å². The van der Waals surface area contributed by atoms with E-state index in [2.05, 4.69) is 55.2 Å². The van der Waals surface area contributed by atoms with Gasteiger partial charge in [0, 0.05) is 18.7 Å². The Morgan fingerprint density at radius 2 is 1.20 bits per heavy atom. The molecule has 1 aliphatic heterocycles. The van der Waals surface area contributed by atoms with Crippen LogP contribution >= 0.6 is 12.6 Å². The van der Waals surface area contributed by atoms with Crippen LogP contribution in [0.1, 0.15) is 64.9 Å². The van der Waals surface area contributed by atoms with E-state index in [4.69, 9.17) is 11.5 Å². The molecule has 0 aromatic heterocycles. The van der Waals surface area contributed by atoms with Crippen molar-refractivity contribution in [2.75, 3.05) is 45.2 Å². The van der Waals surface area contributed by atoms with Crippen LogP contribution in [-0.2, 0) is 54.4 Å². The average molecular weight is 1010 g/mol. The first-order chi connectivity index (χ1) is 33.2. The van der Waals surface area contributed by atoms with E-state index in [1.54, 1.807) is 13.8 Å². The van der Waals surface area contributed by atoms with Crippen molar-refractivity contribution < 1.29 is 73.5 Å². The summed E-state index contributed by atoms with van der Waals surface area (Å²) in [5, 5.41) is 68.2. The van der Waals surface area contributed by atoms with Gasteiger partial charge in [-0.1, -0.05) is 32.4 Å². The number of phenols is 1. The molecule has 0 spiro atoms. The molecule has 1 aromatic rings. The Balaban J connectivity index is 2.32. The summed E-state index contributed by atoms with van der Waals surface area (Å²) in [5.74, 6) is -10.5. The first kappa shape index (κ1) is 60.0. The average Bonchev–Trinajstić information content (AvgIpc) is 3.84. The molecular weight excluding hydrogens is 943 g/mol. The lowest BCUT2D eigenvalue weighted by molar-refractivity contribution is -0.143. The van der Waals surface area contributed by atoms with Gasteiger partial charge in [0.1, 0.15) is 60.1 Å². The van der Waals surface area contributed by atoms with E-state index in [1.807, 2.05) is 0 Å². The summed E-state index contributed by atoms with van der Waals surface area (Å²) in [4.78, 5) is 133. The van der Waals surface area contributed by atoms with Crippen molar-refractivity contribution >= 4 is 71.8 Å². The van der Waals surface area contributed by atoms with Gasteiger partial charge in [0.05, 0.1) is 26.4 Å². The summed E-state index contributed by atoms with van der Waals surface area (Å²) in [7, 11) is 0. The van der Waals surface area contributed by atoms with Gasteiger partial charge in [-0.05, 0) is 69.2 Å². The minimum atomic E-state index is -1.76. The monoisotopic (exact) mass is 1010 g/mol. The van der Waals surface area contributed by atoms with Gasteiger partial charge in [0.15, 0.2) is 0 Å². The number of aromatic hydroxyl groups is 1. The SMILES string of the molecule is CC[C@H](C)[C@H](NC(=O)[C@H](CO)NC(=O)[C@H](Cc1ccc(O)cc1)NC(=O)[C@H](CO)NC(=O)[C@@H]1CCCN1C(=O)[C@H](C)NC(=O)CN)C(=O)N[C@@H](CCCCN)C(=O)N[C@@H](CS)C(=O)N[C@@H](CO)C(=O)O. The maximum atomic E-state index is 14.0. The summed E-state index contributed by atoms with van der Waals surface area (Å²) >= 11 is 4.07. The highest BCUT2D eigenvalue weighted by atomic mass is 32.1. The van der Waals surface area contributed by atoms with Crippen LogP contribution < -0.4 is 54.0 Å². The Morgan fingerprint density at radius 1 is 0.686 bits per heavy atom. The second-order valence-electron chi connectivity index (χ2n) is 16.6. The van der Waals surface area contributed by atoms with E-state index in [9.17, 15) is 73.5 Å². The number of aliphatic carboxylic acids is 1. The first-order valence-corrected chi connectivity index (χ1v) is 23.4. The number of carbonyl (C=O) groups is 10. The third-order valence-electron chi connectivity index (χ3n) is 11.4. The van der Waals surface area contributed by atoms with Crippen molar-refractivity contribution in [2.45, 2.75) is 120 Å². The van der Waals surface area contributed by atoms with Crippen LogP contribution in [0.3, 0.4) is 0 Å². The summed E-state index contributed by atoms with van der Waals surface area (Å²) in [6.45, 7) is 1.82. The first-order valence-electron chi connectivity index (χ1n) is 22.8. The van der Waals surface area contributed by atoms with Crippen LogP contribution in [0.25, 0.3) is 0 Å². The van der Waals surface area contributed by atoms with Crippen molar-refractivity contribution in [3.05, 3.63) is 29.8 Å². The van der Waals surface area contributed by atoms with Gasteiger partial charge in [0.25, 0.3) is 0 Å². The zero-order chi connectivity index (χ0) is 52.7. The van der Waals surface area contributed by atoms with Gasteiger partial charge in [-0.25, -0.2) is 4.79 Å². The number of carboxylic acid groups (broad SMARTS) is 1. The highest BCUT2D eigenvalue weighted by Crippen LogP contribution is 2.19. The van der Waals surface area contributed by atoms with E-state index >= 15 is 0 Å². The maximum Gasteiger partial charge on any atom is 0.328 e. The van der Waals surface area contributed by atoms with E-state index in [0.29, 0.717) is 31.2 Å². The Kier molecular flexibility index (Phi) is 26.1. The molecule has 10 atom stereocenters. The summed E-state index contributed by atoms with van der Waals surface area (Å²) in [5.41, 5.74) is 11.4. The number of carboxylic acids is 1. The molecule has 0 aliphatic carbocycles. The van der Waals surface area contributed by atoms with E-state index in [0.717, 1.165) is 0 Å². The summed E-state index contributed by atoms with van der Waals surface area (Å²) in [6.07, 6.45) is 1.36. The number of benzene rings is 1. The Hall–Kier alpha value is -6.13. The maximum absolute atomic E-state index is 14.0. The van der Waals surface area contributed by atoms with Crippen LogP contribution in [0.2, 0.25) is 0 Å². The Morgan fingerprint density at radius 3 is 1.76 bits per heavy atom. The number of hydrogen-bond donors (Lipinski definition) is 16. The normalized spacial score (nSPS) is 17.1. The number of aliphatic hydroxyl groups excluding tert-OH is 3. The second-order valence-corrected chi connectivity index (χ2v) is 17.0. The van der Waals surface area contributed by atoms with Gasteiger partial charge in [-0.3, -0.25) is 43.2 Å². The third kappa shape index (κ3) is 18.6. The van der Waals surface area contributed by atoms with Crippen LogP contribution in [0, 0.1) is 5.92 Å². The van der Waals surface area contributed by atoms with Crippen molar-refractivity contribution in [1.29, 1.82) is 0 Å². The number of rotatable bonds is 30. The number of hydrogen-bond acceptors (Lipinski definition) is 17. The minimum Gasteiger partial charge on any atom is -0.508 e. The molecular formula is C43H69N11O15S. The number of unbranched alkanes of at least 4 members (excludes halogenated alkanes) is 1. The third-order valence-corrected chi connectivity index (χ3v) is 11.8. The highest BCUT2D eigenvalue weighted by Gasteiger charge is 2.39. The molecule has 0 bridgehead atoms. The van der Waals surface area contributed by atoms with Crippen molar-refractivity contribution in [2.24, 2.45) is 17.4 Å². The number of aliphatic hydroxyl groups is 3. The number of likely N-dealkylation sites (tertiary alicyclic amines) is 1. The lowest BCUT2D eigenvalue weighted by atomic mass is 9.97. The van der Waals surface area contributed by atoms with Gasteiger partial charge < -0.3 is 84.4 Å². The molecule has 1 aliphatic rings. The lowest BCUT2D eigenvalue weighted by Crippen LogP contribution is -2.62. The van der Waals surface area contributed by atoms with Crippen molar-refractivity contribution in [3.8, 4) is 5.75 Å². The summed E-state index contributed by atoms with van der Waals surface area (Å²) in [6, 6.07) is -7.40. The standard InChI is InChI=1S/C43H69N11O15S/c1-4-22(2)34(41(66)47-26(8-5-6-14-44)35(60)52-31(21-70)39(64)51-30(20-57)43(68)69)53-38(63)29(19-56)49-36(61)27(16-24-10-12-25(58)13-11-24)48-37(62)28(18-55)50-40(65)32-9-7-15-54(32)42(67)23(3)46-33(59)17-45/h10-13,22-23,26-32,34,55-58,70H,4-9,14-21,44-45H2,1-3H3,(H,46,59)(H,47,66)(H,48,62)(H,49,61)(H,50,65)(H,51,64)(H,52,60)(H,53,63)(H,68,69)/t22-,23-,26-,27-,28-,29-,30-,31-,32-,34-/m0/s1. The van der Waals surface area contributed by atoms with Gasteiger partial charge >= 0.3 is 5.97 Å². The highest BCUT2D eigenvalue weighted by molar-refractivity contribution is 7.80. The minimum absolute atomic E-state index is 0.00399. The van der Waals surface area contributed by atoms with E-state index in [-0.39, 0.29) is 50.4 Å². The molecule has 0 radical (unpaired) electrons. The fourth-order valence-electron chi connectivity index (χ4n) is 7.09. The molecule has 1 saturated heterocycles. The molecule has 1 fully saturated rings. The van der Waals surface area contributed by atoms with Gasteiger partial charge in [-0.2, -0.15) is 12.6 Å². The number of nitrogens with two attached hydrogens (primary N) is 2. The van der Waals surface area contributed by atoms with Gasteiger partial charge in [0.2, 0.25) is 53.2 Å². The topological polar surface area (TPSA) is 423 Å². The zero-order valence-electron chi connectivity index (χ0n) is 39.4. The fraction of sp³-hybridized carbons (Fsp3) is 0.628. The molecule has 392 valence electrons. The molecule has 0 unspecified atom stereocenters. The van der Waals surface area contributed by atoms with Crippen LogP contribution in [0.5, 0.6) is 5.75 Å². The zero-order valence-corrected chi connectivity index (χ0v) is 40.2. The number of thiol groups is 1. The molecule has 2 rings (SSSR count). The molecule has 70 heavy (non-hydrogen) atoms. The number of amides is 9. The molecule has 27 heteroatoms. The molecule has 26 nitrogen and oxygen atoms in total. The molecule has 1 heterocycles. The Bertz CT molecular complexity index is 1970. The van der Waals surface area contributed by atoms with Crippen LogP contribution in [0.4, 0.5) is 0 Å². The van der Waals surface area contributed by atoms with Crippen molar-refractivity contribution in [3.63, 3.8) is 0 Å². The second kappa shape index (κ2) is 30.5. The number of nitrogens with zero attached hydrogens (tertiary/aromatic N) is 1. The Labute approximate surface area is 410 Å². The fourth-order valence-corrected chi connectivity index (χ4v) is 7.35.